The third kappa shape index (κ3) is 1.98. The molecule has 1 aromatic carbocycles. The zero-order valence-electron chi connectivity index (χ0n) is 10.6. The monoisotopic (exact) mass is 246 g/mol. The van der Waals surface area contributed by atoms with Crippen LogP contribution in [0.3, 0.4) is 0 Å². The zero-order valence-corrected chi connectivity index (χ0v) is 10.6. The topological polar surface area (TPSA) is 35.5 Å². The first-order valence-corrected chi connectivity index (χ1v) is 6.66. The second-order valence-corrected chi connectivity index (χ2v) is 5.19. The van der Waals surface area contributed by atoms with Crippen LogP contribution >= 0.6 is 0 Å². The molecule has 1 atom stereocenters. The first-order chi connectivity index (χ1) is 8.78. The summed E-state index contributed by atoms with van der Waals surface area (Å²) in [7, 11) is 1.63. The molecular weight excluding hydrogens is 228 g/mol. The van der Waals surface area contributed by atoms with Crippen molar-refractivity contribution in [3.8, 4) is 11.5 Å². The Balaban J connectivity index is 1.87. The Labute approximate surface area is 107 Å². The van der Waals surface area contributed by atoms with Crippen LogP contribution in [0.1, 0.15) is 42.5 Å². The van der Waals surface area contributed by atoms with Gasteiger partial charge in [0.2, 0.25) is 0 Å². The summed E-state index contributed by atoms with van der Waals surface area (Å²) in [4.78, 5) is 12.1. The second kappa shape index (κ2) is 4.63. The molecule has 3 heteroatoms. The lowest BCUT2D eigenvalue weighted by atomic mass is 9.91. The molecule has 0 radical (unpaired) electrons. The molecule has 0 saturated heterocycles. The largest absolute Gasteiger partial charge is 0.497 e. The van der Waals surface area contributed by atoms with E-state index in [2.05, 4.69) is 0 Å². The minimum absolute atomic E-state index is 0.0691. The van der Waals surface area contributed by atoms with Gasteiger partial charge in [0.25, 0.3) is 0 Å². The van der Waals surface area contributed by atoms with Crippen LogP contribution in [0.15, 0.2) is 18.2 Å². The van der Waals surface area contributed by atoms with Crippen LogP contribution in [0.25, 0.3) is 0 Å². The van der Waals surface area contributed by atoms with Gasteiger partial charge in [0.05, 0.1) is 12.7 Å². The van der Waals surface area contributed by atoms with Gasteiger partial charge in [-0.3, -0.25) is 4.79 Å². The van der Waals surface area contributed by atoms with Crippen molar-refractivity contribution in [2.75, 3.05) is 7.11 Å². The van der Waals surface area contributed by atoms with Crippen molar-refractivity contribution >= 4 is 5.78 Å². The van der Waals surface area contributed by atoms with E-state index in [1.807, 2.05) is 12.1 Å². The molecule has 3 nitrogen and oxygen atoms in total. The van der Waals surface area contributed by atoms with Crippen LogP contribution in [-0.2, 0) is 0 Å². The molecule has 1 heterocycles. The maximum Gasteiger partial charge on any atom is 0.170 e. The summed E-state index contributed by atoms with van der Waals surface area (Å²) in [5, 5.41) is 0. The molecular formula is C15H18O3. The predicted octanol–water partition coefficient (Wildman–Crippen LogP) is 3.22. The highest BCUT2D eigenvalue weighted by Gasteiger charge is 2.33. The maximum atomic E-state index is 12.1. The van der Waals surface area contributed by atoms with Gasteiger partial charge in [-0.2, -0.15) is 0 Å². The average molecular weight is 246 g/mol. The molecule has 3 rings (SSSR count). The van der Waals surface area contributed by atoms with E-state index in [0.29, 0.717) is 23.7 Å². The Kier molecular flexibility index (Phi) is 2.98. The lowest BCUT2D eigenvalue weighted by Crippen LogP contribution is -2.32. The summed E-state index contributed by atoms with van der Waals surface area (Å²) < 4.78 is 11.2. The van der Waals surface area contributed by atoms with E-state index in [1.54, 1.807) is 13.2 Å². The molecule has 0 amide bonds. The summed E-state index contributed by atoms with van der Waals surface area (Å²) in [5.74, 6) is 2.19. The molecule has 0 N–H and O–H groups in total. The van der Waals surface area contributed by atoms with Gasteiger partial charge < -0.3 is 9.47 Å². The lowest BCUT2D eigenvalue weighted by molar-refractivity contribution is 0.0737. The van der Waals surface area contributed by atoms with Crippen molar-refractivity contribution in [1.29, 1.82) is 0 Å². The fourth-order valence-electron chi connectivity index (χ4n) is 3.05. The number of carbonyl (C=O) groups excluding carboxylic acids is 1. The summed E-state index contributed by atoms with van der Waals surface area (Å²) in [6, 6.07) is 5.45. The molecule has 1 saturated carbocycles. The van der Waals surface area contributed by atoms with E-state index >= 15 is 0 Å². The molecule has 1 aliphatic carbocycles. The van der Waals surface area contributed by atoms with Gasteiger partial charge in [-0.05, 0) is 30.9 Å². The molecule has 1 unspecified atom stereocenters. The summed E-state index contributed by atoms with van der Waals surface area (Å²) in [5.41, 5.74) is 0.699. The van der Waals surface area contributed by atoms with Crippen molar-refractivity contribution in [2.24, 2.45) is 5.92 Å². The fourth-order valence-corrected chi connectivity index (χ4v) is 3.05. The second-order valence-electron chi connectivity index (χ2n) is 5.19. The molecule has 2 aliphatic rings. The van der Waals surface area contributed by atoms with Crippen LogP contribution in [0.2, 0.25) is 0 Å². The van der Waals surface area contributed by atoms with Gasteiger partial charge in [0.15, 0.2) is 5.78 Å². The van der Waals surface area contributed by atoms with Crippen LogP contribution in [0, 0.1) is 5.92 Å². The van der Waals surface area contributed by atoms with Crippen molar-refractivity contribution < 1.29 is 14.3 Å². The van der Waals surface area contributed by atoms with Crippen molar-refractivity contribution in [2.45, 2.75) is 38.2 Å². The number of hydrogen-bond acceptors (Lipinski definition) is 3. The number of rotatable bonds is 2. The highest BCUT2D eigenvalue weighted by Crippen LogP contribution is 2.37. The third-order valence-corrected chi connectivity index (χ3v) is 4.08. The average Bonchev–Trinajstić information content (AvgIpc) is 2.91. The van der Waals surface area contributed by atoms with Gasteiger partial charge in [0.1, 0.15) is 17.6 Å². The normalized spacial score (nSPS) is 23.6. The maximum absolute atomic E-state index is 12.1. The van der Waals surface area contributed by atoms with Gasteiger partial charge in [-0.15, -0.1) is 0 Å². The molecule has 0 spiro atoms. The number of benzene rings is 1. The van der Waals surface area contributed by atoms with Crippen molar-refractivity contribution in [3.05, 3.63) is 23.8 Å². The van der Waals surface area contributed by atoms with E-state index in [-0.39, 0.29) is 11.9 Å². The molecule has 18 heavy (non-hydrogen) atoms. The molecule has 96 valence electrons. The van der Waals surface area contributed by atoms with Crippen LogP contribution in [0.4, 0.5) is 0 Å². The molecule has 1 aliphatic heterocycles. The minimum atomic E-state index is 0.0691. The van der Waals surface area contributed by atoms with Crippen molar-refractivity contribution in [1.82, 2.24) is 0 Å². The lowest BCUT2D eigenvalue weighted by Gasteiger charge is -2.29. The minimum Gasteiger partial charge on any atom is -0.497 e. The van der Waals surface area contributed by atoms with Crippen molar-refractivity contribution in [3.63, 3.8) is 0 Å². The van der Waals surface area contributed by atoms with Gasteiger partial charge in [0, 0.05) is 12.5 Å². The standard InChI is InChI=1S/C15H18O3/c1-17-11-6-7-12-13(16)9-14(18-15(12)8-11)10-4-2-3-5-10/h6-8,10,14H,2-5,9H2,1H3. The number of hydrogen-bond donors (Lipinski definition) is 0. The van der Waals surface area contributed by atoms with E-state index < -0.39 is 0 Å². The summed E-state index contributed by atoms with van der Waals surface area (Å²) in [6.45, 7) is 0. The van der Waals surface area contributed by atoms with Gasteiger partial charge in [-0.1, -0.05) is 12.8 Å². The first kappa shape index (κ1) is 11.6. The van der Waals surface area contributed by atoms with Crippen LogP contribution < -0.4 is 9.47 Å². The van der Waals surface area contributed by atoms with Crippen LogP contribution in [-0.4, -0.2) is 19.0 Å². The Morgan fingerprint density at radius 2 is 2.06 bits per heavy atom. The van der Waals surface area contributed by atoms with E-state index in [4.69, 9.17) is 9.47 Å². The smallest absolute Gasteiger partial charge is 0.170 e. The fraction of sp³-hybridized carbons (Fsp3) is 0.533. The van der Waals surface area contributed by atoms with Gasteiger partial charge in [-0.25, -0.2) is 0 Å². The van der Waals surface area contributed by atoms with E-state index in [0.717, 1.165) is 5.75 Å². The number of fused-ring (bicyclic) bond motifs is 1. The Morgan fingerprint density at radius 3 is 2.78 bits per heavy atom. The quantitative estimate of drug-likeness (QED) is 0.803. The Bertz CT molecular complexity index is 461. The zero-order chi connectivity index (χ0) is 12.5. The molecule has 0 aromatic heterocycles. The Morgan fingerprint density at radius 1 is 1.28 bits per heavy atom. The summed E-state index contributed by atoms with van der Waals surface area (Å²) in [6.07, 6.45) is 5.52. The number of methoxy groups -OCH3 is 1. The van der Waals surface area contributed by atoms with E-state index in [9.17, 15) is 4.79 Å². The number of carbonyl (C=O) groups is 1. The molecule has 1 aromatic rings. The third-order valence-electron chi connectivity index (χ3n) is 4.08. The first-order valence-electron chi connectivity index (χ1n) is 6.66. The summed E-state index contributed by atoms with van der Waals surface area (Å²) >= 11 is 0. The predicted molar refractivity (Wildman–Crippen MR) is 68.3 cm³/mol. The number of ether oxygens (including phenoxy) is 2. The van der Waals surface area contributed by atoms with E-state index in [1.165, 1.54) is 25.7 Å². The molecule has 1 fully saturated rings. The molecule has 0 bridgehead atoms. The Hall–Kier alpha value is -1.51. The van der Waals surface area contributed by atoms with Gasteiger partial charge >= 0.3 is 0 Å². The number of ketones is 1. The SMILES string of the molecule is COc1ccc2c(c1)OC(C1CCCC1)CC2=O. The van der Waals surface area contributed by atoms with Crippen LogP contribution in [0.5, 0.6) is 11.5 Å². The highest BCUT2D eigenvalue weighted by molar-refractivity contribution is 6.00. The number of Topliss-reactive ketones (excluding diaryl/α,β-unsaturated/α-hetero) is 1. The highest BCUT2D eigenvalue weighted by atomic mass is 16.5.